The second kappa shape index (κ2) is 5.69. The fraction of sp³-hybridized carbons (Fsp3) is 0.214. The van der Waals surface area contributed by atoms with Gasteiger partial charge in [0.2, 0.25) is 0 Å². The van der Waals surface area contributed by atoms with Crippen molar-refractivity contribution in [1.82, 2.24) is 0 Å². The molecule has 0 N–H and O–H groups in total. The number of Topliss-reactive ketones (excluding diaryl/α,β-unsaturated/α-hetero) is 1. The van der Waals surface area contributed by atoms with Crippen LogP contribution in [0.15, 0.2) is 41.8 Å². The van der Waals surface area contributed by atoms with Crippen LogP contribution in [0, 0.1) is 0 Å². The zero-order chi connectivity index (χ0) is 13.0. The van der Waals surface area contributed by atoms with Gasteiger partial charge in [0.1, 0.15) is 5.75 Å². The van der Waals surface area contributed by atoms with Gasteiger partial charge in [0.15, 0.2) is 5.78 Å². The zero-order valence-electron chi connectivity index (χ0n) is 10.4. The number of hydrogen-bond donors (Lipinski definition) is 0. The first-order chi connectivity index (χ1) is 8.72. The highest BCUT2D eigenvalue weighted by atomic mass is 32.1. The molecule has 1 aromatic heterocycles. The van der Waals surface area contributed by atoms with Crippen molar-refractivity contribution in [3.8, 4) is 5.75 Å². The molecule has 0 amide bonds. The van der Waals surface area contributed by atoms with Gasteiger partial charge >= 0.3 is 0 Å². The highest BCUT2D eigenvalue weighted by molar-refractivity contribution is 7.12. The lowest BCUT2D eigenvalue weighted by atomic mass is 10.2. The summed E-state index contributed by atoms with van der Waals surface area (Å²) in [7, 11) is 3.52. The van der Waals surface area contributed by atoms with E-state index in [9.17, 15) is 4.79 Å². The van der Waals surface area contributed by atoms with Gasteiger partial charge in [-0.3, -0.25) is 4.79 Å². The number of rotatable bonds is 5. The number of ketones is 1. The average Bonchev–Trinajstić information content (AvgIpc) is 2.92. The Bertz CT molecular complexity index is 522. The van der Waals surface area contributed by atoms with E-state index in [4.69, 9.17) is 4.74 Å². The van der Waals surface area contributed by atoms with E-state index in [1.54, 1.807) is 7.11 Å². The highest BCUT2D eigenvalue weighted by Crippen LogP contribution is 2.26. The summed E-state index contributed by atoms with van der Waals surface area (Å²) in [5.74, 6) is 0.900. The van der Waals surface area contributed by atoms with Crippen LogP contribution in [0.4, 0.5) is 5.69 Å². The van der Waals surface area contributed by atoms with Gasteiger partial charge in [-0.2, -0.15) is 0 Å². The molecule has 0 saturated carbocycles. The van der Waals surface area contributed by atoms with Crippen molar-refractivity contribution >= 4 is 22.8 Å². The summed E-state index contributed by atoms with van der Waals surface area (Å²) in [5, 5.41) is 1.91. The van der Waals surface area contributed by atoms with Crippen LogP contribution < -0.4 is 9.64 Å². The third-order valence-corrected chi connectivity index (χ3v) is 3.58. The van der Waals surface area contributed by atoms with Crippen molar-refractivity contribution in [2.75, 3.05) is 25.6 Å². The molecule has 0 atom stereocenters. The molecular formula is C14H15NO2S. The molecule has 3 nitrogen and oxygen atoms in total. The standard InChI is InChI=1S/C14H15NO2S/c1-15(10-12(16)14-8-5-9-18-14)11-6-3-4-7-13(11)17-2/h3-9H,10H2,1-2H3. The molecule has 0 aliphatic carbocycles. The van der Waals surface area contributed by atoms with E-state index >= 15 is 0 Å². The minimum atomic E-state index is 0.124. The van der Waals surface area contributed by atoms with Gasteiger partial charge in [-0.05, 0) is 23.6 Å². The largest absolute Gasteiger partial charge is 0.495 e. The van der Waals surface area contributed by atoms with Crippen LogP contribution in [-0.4, -0.2) is 26.5 Å². The second-order valence-electron chi connectivity index (χ2n) is 3.93. The zero-order valence-corrected chi connectivity index (χ0v) is 11.2. The molecule has 2 rings (SSSR count). The van der Waals surface area contributed by atoms with E-state index in [-0.39, 0.29) is 5.78 Å². The van der Waals surface area contributed by atoms with E-state index in [0.29, 0.717) is 6.54 Å². The smallest absolute Gasteiger partial charge is 0.191 e. The summed E-state index contributed by atoms with van der Waals surface area (Å²) in [6, 6.07) is 11.4. The molecule has 0 fully saturated rings. The van der Waals surface area contributed by atoms with Crippen molar-refractivity contribution in [3.05, 3.63) is 46.7 Å². The lowest BCUT2D eigenvalue weighted by molar-refractivity contribution is 0.100. The molecule has 4 heteroatoms. The van der Waals surface area contributed by atoms with E-state index in [1.807, 2.05) is 53.7 Å². The molecular weight excluding hydrogens is 246 g/mol. The number of thiophene rings is 1. The topological polar surface area (TPSA) is 29.5 Å². The SMILES string of the molecule is COc1ccccc1N(C)CC(=O)c1cccs1. The average molecular weight is 261 g/mol. The summed E-state index contributed by atoms with van der Waals surface area (Å²) in [5.41, 5.74) is 0.921. The molecule has 0 spiro atoms. The molecule has 0 aliphatic rings. The quantitative estimate of drug-likeness (QED) is 0.775. The first-order valence-electron chi connectivity index (χ1n) is 5.63. The molecule has 0 radical (unpaired) electrons. The molecule has 0 saturated heterocycles. The van der Waals surface area contributed by atoms with E-state index < -0.39 is 0 Å². The predicted octanol–water partition coefficient (Wildman–Crippen LogP) is 3.08. The molecule has 94 valence electrons. The van der Waals surface area contributed by atoms with Crippen LogP contribution in [0.25, 0.3) is 0 Å². The number of methoxy groups -OCH3 is 1. The Hall–Kier alpha value is -1.81. The number of carbonyl (C=O) groups is 1. The van der Waals surface area contributed by atoms with Gasteiger partial charge in [0.05, 0.1) is 24.2 Å². The second-order valence-corrected chi connectivity index (χ2v) is 4.88. The molecule has 2 aromatic rings. The Labute approximate surface area is 111 Å². The molecule has 0 unspecified atom stereocenters. The summed E-state index contributed by atoms with van der Waals surface area (Å²) in [6.07, 6.45) is 0. The maximum Gasteiger partial charge on any atom is 0.191 e. The highest BCUT2D eigenvalue weighted by Gasteiger charge is 2.13. The fourth-order valence-electron chi connectivity index (χ4n) is 1.76. The molecule has 1 aromatic carbocycles. The van der Waals surface area contributed by atoms with Crippen LogP contribution in [-0.2, 0) is 0 Å². The van der Waals surface area contributed by atoms with Crippen LogP contribution in [0.3, 0.4) is 0 Å². The minimum Gasteiger partial charge on any atom is -0.495 e. The Balaban J connectivity index is 2.12. The van der Waals surface area contributed by atoms with Gasteiger partial charge in [0.25, 0.3) is 0 Å². The number of likely N-dealkylation sites (N-methyl/N-ethyl adjacent to an activating group) is 1. The van der Waals surface area contributed by atoms with Crippen molar-refractivity contribution in [3.63, 3.8) is 0 Å². The fourth-order valence-corrected chi connectivity index (χ4v) is 2.42. The minimum absolute atomic E-state index is 0.124. The molecule has 1 heterocycles. The first-order valence-corrected chi connectivity index (χ1v) is 6.51. The normalized spacial score (nSPS) is 10.1. The lowest BCUT2D eigenvalue weighted by Crippen LogP contribution is -2.25. The maximum atomic E-state index is 12.0. The van der Waals surface area contributed by atoms with Crippen molar-refractivity contribution in [2.45, 2.75) is 0 Å². The van der Waals surface area contributed by atoms with Crippen LogP contribution >= 0.6 is 11.3 Å². The van der Waals surface area contributed by atoms with E-state index in [1.165, 1.54) is 11.3 Å². The Morgan fingerprint density at radius 2 is 2.06 bits per heavy atom. The van der Waals surface area contributed by atoms with Crippen LogP contribution in [0.1, 0.15) is 9.67 Å². The van der Waals surface area contributed by atoms with Gasteiger partial charge in [-0.15, -0.1) is 11.3 Å². The van der Waals surface area contributed by atoms with E-state index in [2.05, 4.69) is 0 Å². The monoisotopic (exact) mass is 261 g/mol. The number of ether oxygens (including phenoxy) is 1. The Morgan fingerprint density at radius 3 is 2.72 bits per heavy atom. The number of carbonyl (C=O) groups excluding carboxylic acids is 1. The maximum absolute atomic E-state index is 12.0. The Morgan fingerprint density at radius 1 is 1.28 bits per heavy atom. The summed E-state index contributed by atoms with van der Waals surface area (Å²) in [4.78, 5) is 14.7. The number of hydrogen-bond acceptors (Lipinski definition) is 4. The van der Waals surface area contributed by atoms with Crippen molar-refractivity contribution < 1.29 is 9.53 Å². The van der Waals surface area contributed by atoms with Gasteiger partial charge in [-0.1, -0.05) is 18.2 Å². The van der Waals surface area contributed by atoms with Gasteiger partial charge in [0, 0.05) is 7.05 Å². The summed E-state index contributed by atoms with van der Waals surface area (Å²) in [6.45, 7) is 0.348. The summed E-state index contributed by atoms with van der Waals surface area (Å²) >= 11 is 1.47. The van der Waals surface area contributed by atoms with Crippen LogP contribution in [0.2, 0.25) is 0 Å². The molecule has 0 bridgehead atoms. The number of anilines is 1. The summed E-state index contributed by atoms with van der Waals surface area (Å²) < 4.78 is 5.29. The first kappa shape index (κ1) is 12.6. The van der Waals surface area contributed by atoms with Crippen LogP contribution in [0.5, 0.6) is 5.75 Å². The third kappa shape index (κ3) is 2.71. The van der Waals surface area contributed by atoms with Gasteiger partial charge in [-0.25, -0.2) is 0 Å². The van der Waals surface area contributed by atoms with Crippen molar-refractivity contribution in [1.29, 1.82) is 0 Å². The van der Waals surface area contributed by atoms with E-state index in [0.717, 1.165) is 16.3 Å². The number of nitrogens with zero attached hydrogens (tertiary/aromatic N) is 1. The third-order valence-electron chi connectivity index (χ3n) is 2.67. The predicted molar refractivity (Wildman–Crippen MR) is 74.9 cm³/mol. The van der Waals surface area contributed by atoms with Gasteiger partial charge < -0.3 is 9.64 Å². The number of benzene rings is 1. The molecule has 18 heavy (non-hydrogen) atoms. The Kier molecular flexibility index (Phi) is 3.99. The number of para-hydroxylation sites is 2. The molecule has 0 aliphatic heterocycles. The van der Waals surface area contributed by atoms with Crippen molar-refractivity contribution in [2.24, 2.45) is 0 Å². The lowest BCUT2D eigenvalue weighted by Gasteiger charge is -2.20.